The van der Waals surface area contributed by atoms with Gasteiger partial charge in [-0.15, -0.1) is 0 Å². The van der Waals surface area contributed by atoms with Gasteiger partial charge in [0.2, 0.25) is 0 Å². The predicted octanol–water partition coefficient (Wildman–Crippen LogP) is 7.45. The Bertz CT molecular complexity index is 1270. The van der Waals surface area contributed by atoms with E-state index >= 15 is 0 Å². The molecule has 0 aliphatic rings. The molecule has 0 aromatic heterocycles. The van der Waals surface area contributed by atoms with E-state index in [1.165, 1.54) is 0 Å². The fourth-order valence-electron chi connectivity index (χ4n) is 4.00. The molecule has 0 spiro atoms. The van der Waals surface area contributed by atoms with Gasteiger partial charge in [0.1, 0.15) is 17.2 Å². The predicted molar refractivity (Wildman–Crippen MR) is 138 cm³/mol. The number of phenols is 1. The largest absolute Gasteiger partial charge is 0.508 e. The maximum Gasteiger partial charge on any atom is 0.193 e. The number of carbonyl (C=O) groups is 1. The Morgan fingerprint density at radius 3 is 1.63 bits per heavy atom. The van der Waals surface area contributed by atoms with E-state index in [4.69, 9.17) is 9.47 Å². The van der Waals surface area contributed by atoms with Crippen LogP contribution in [-0.4, -0.2) is 18.0 Å². The molecule has 0 saturated carbocycles. The fourth-order valence-corrected chi connectivity index (χ4v) is 4.00. The van der Waals surface area contributed by atoms with Crippen molar-refractivity contribution in [1.29, 1.82) is 0 Å². The van der Waals surface area contributed by atoms with Crippen LogP contribution in [-0.2, 0) is 10.2 Å². The molecule has 0 radical (unpaired) electrons. The average Bonchev–Trinajstić information content (AvgIpc) is 2.89. The number of carbonyl (C=O) groups excluding carboxylic acids is 1. The molecule has 4 heteroatoms. The first-order chi connectivity index (χ1) is 16.8. The quantitative estimate of drug-likeness (QED) is 0.274. The van der Waals surface area contributed by atoms with Crippen LogP contribution in [0.4, 0.5) is 0 Å². The third kappa shape index (κ3) is 5.44. The van der Waals surface area contributed by atoms with Crippen molar-refractivity contribution in [3.8, 4) is 17.2 Å². The molecule has 0 bridgehead atoms. The lowest BCUT2D eigenvalue weighted by atomic mass is 9.78. The van der Waals surface area contributed by atoms with Crippen LogP contribution in [0.5, 0.6) is 17.2 Å². The highest BCUT2D eigenvalue weighted by atomic mass is 16.5. The topological polar surface area (TPSA) is 55.8 Å². The highest BCUT2D eigenvalue weighted by molar-refractivity contribution is 6.09. The van der Waals surface area contributed by atoms with Gasteiger partial charge in [-0.3, -0.25) is 4.79 Å². The highest BCUT2D eigenvalue weighted by Gasteiger charge is 2.23. The van der Waals surface area contributed by atoms with Gasteiger partial charge in [-0.2, -0.15) is 0 Å². The van der Waals surface area contributed by atoms with Crippen LogP contribution in [0.25, 0.3) is 0 Å². The Morgan fingerprint density at radius 2 is 1.14 bits per heavy atom. The second-order valence-corrected chi connectivity index (χ2v) is 9.15. The van der Waals surface area contributed by atoms with Gasteiger partial charge in [-0.05, 0) is 72.1 Å². The van der Waals surface area contributed by atoms with Crippen molar-refractivity contribution in [2.45, 2.75) is 32.3 Å². The first kappa shape index (κ1) is 24.2. The number of ether oxygens (including phenoxy) is 2. The molecular weight excluding hydrogens is 436 g/mol. The monoisotopic (exact) mass is 466 g/mol. The average molecular weight is 467 g/mol. The number of ketones is 1. The molecular formula is C31H30O4. The Kier molecular flexibility index (Phi) is 7.04. The molecule has 0 aliphatic carbocycles. The Balaban J connectivity index is 1.43. The molecule has 178 valence electrons. The van der Waals surface area contributed by atoms with Gasteiger partial charge < -0.3 is 14.6 Å². The number of hydrogen-bond acceptors (Lipinski definition) is 4. The number of hydrogen-bond donors (Lipinski definition) is 1. The van der Waals surface area contributed by atoms with E-state index in [-0.39, 0.29) is 23.1 Å². The second kappa shape index (κ2) is 10.2. The van der Waals surface area contributed by atoms with Crippen molar-refractivity contribution in [3.63, 3.8) is 0 Å². The summed E-state index contributed by atoms with van der Waals surface area (Å²) in [7, 11) is 1.67. The third-order valence-electron chi connectivity index (χ3n) is 6.51. The Labute approximate surface area is 206 Å². The lowest BCUT2D eigenvalue weighted by Gasteiger charge is -2.26. The van der Waals surface area contributed by atoms with E-state index in [1.54, 1.807) is 31.4 Å². The summed E-state index contributed by atoms with van der Waals surface area (Å²) in [6, 6.07) is 30.0. The van der Waals surface area contributed by atoms with Crippen molar-refractivity contribution in [2.75, 3.05) is 7.11 Å². The summed E-state index contributed by atoms with van der Waals surface area (Å²) >= 11 is 0. The molecule has 0 aliphatic heterocycles. The third-order valence-corrected chi connectivity index (χ3v) is 6.51. The molecule has 0 heterocycles. The zero-order valence-electron chi connectivity index (χ0n) is 20.5. The van der Waals surface area contributed by atoms with Gasteiger partial charge >= 0.3 is 0 Å². The second-order valence-electron chi connectivity index (χ2n) is 9.15. The van der Waals surface area contributed by atoms with Gasteiger partial charge in [0, 0.05) is 23.7 Å². The molecule has 4 aromatic rings. The van der Waals surface area contributed by atoms with Crippen LogP contribution in [0, 0.1) is 0 Å². The van der Waals surface area contributed by atoms with Crippen molar-refractivity contribution in [2.24, 2.45) is 0 Å². The summed E-state index contributed by atoms with van der Waals surface area (Å²) in [6.07, 6.45) is -0.0106. The van der Waals surface area contributed by atoms with Crippen LogP contribution in [0.15, 0.2) is 97.1 Å². The normalized spacial score (nSPS) is 12.2. The Hall–Kier alpha value is -3.89. The number of phenolic OH excluding ortho intramolecular Hbond substituents is 1. The fraction of sp³-hybridized carbons (Fsp3) is 0.194. The first-order valence-electron chi connectivity index (χ1n) is 11.6. The highest BCUT2D eigenvalue weighted by Crippen LogP contribution is 2.34. The summed E-state index contributed by atoms with van der Waals surface area (Å²) in [4.78, 5) is 12.8. The minimum absolute atomic E-state index is 0.0106. The van der Waals surface area contributed by atoms with Gasteiger partial charge in [-0.25, -0.2) is 0 Å². The summed E-state index contributed by atoms with van der Waals surface area (Å²) in [5.74, 6) is 1.61. The molecule has 1 N–H and O–H groups in total. The molecule has 0 amide bonds. The van der Waals surface area contributed by atoms with Gasteiger partial charge in [-0.1, -0.05) is 62.4 Å². The van der Waals surface area contributed by atoms with Crippen LogP contribution in [0.2, 0.25) is 0 Å². The van der Waals surface area contributed by atoms with Crippen molar-refractivity contribution in [3.05, 3.63) is 125 Å². The molecule has 35 heavy (non-hydrogen) atoms. The summed E-state index contributed by atoms with van der Waals surface area (Å²) in [5, 5.41) is 9.57. The minimum Gasteiger partial charge on any atom is -0.508 e. The van der Waals surface area contributed by atoms with Crippen molar-refractivity contribution >= 4 is 5.78 Å². The van der Waals surface area contributed by atoms with Crippen molar-refractivity contribution < 1.29 is 19.4 Å². The lowest BCUT2D eigenvalue weighted by molar-refractivity contribution is 0.103. The van der Waals surface area contributed by atoms with Crippen LogP contribution < -0.4 is 4.74 Å². The SMILES string of the molecule is COC(C)c1ccc(C(=O)c2ccc(Oc3ccc(C(C)(C)c4ccc(O)cc4)cc3)cc2)cc1. The smallest absolute Gasteiger partial charge is 0.193 e. The summed E-state index contributed by atoms with van der Waals surface area (Å²) in [5.41, 5.74) is 4.32. The van der Waals surface area contributed by atoms with Crippen molar-refractivity contribution in [1.82, 2.24) is 0 Å². The molecule has 0 fully saturated rings. The molecule has 1 atom stereocenters. The number of benzene rings is 4. The van der Waals surface area contributed by atoms with E-state index in [9.17, 15) is 9.90 Å². The van der Waals surface area contributed by atoms with Crippen LogP contribution >= 0.6 is 0 Å². The number of rotatable bonds is 8. The number of methoxy groups -OCH3 is 1. The van der Waals surface area contributed by atoms with E-state index in [0.29, 0.717) is 16.9 Å². The zero-order chi connectivity index (χ0) is 25.0. The summed E-state index contributed by atoms with van der Waals surface area (Å²) in [6.45, 7) is 6.27. The van der Waals surface area contributed by atoms with Crippen LogP contribution in [0.3, 0.4) is 0 Å². The number of aromatic hydroxyl groups is 1. The first-order valence-corrected chi connectivity index (χ1v) is 11.6. The van der Waals surface area contributed by atoms with E-state index in [0.717, 1.165) is 22.4 Å². The summed E-state index contributed by atoms with van der Waals surface area (Å²) < 4.78 is 11.3. The minimum atomic E-state index is -0.214. The standard InChI is InChI=1S/C31H30O4/c1-21(34-4)22-5-7-23(8-6-22)30(33)24-9-17-28(18-10-24)35-29-19-13-26(14-20-29)31(2,3)25-11-15-27(32)16-12-25/h5-21,32H,1-4H3. The molecule has 4 rings (SSSR count). The molecule has 0 saturated heterocycles. The molecule has 4 aromatic carbocycles. The van der Waals surface area contributed by atoms with Gasteiger partial charge in [0.15, 0.2) is 5.78 Å². The van der Waals surface area contributed by atoms with Gasteiger partial charge in [0.25, 0.3) is 0 Å². The molecule has 1 unspecified atom stereocenters. The lowest BCUT2D eigenvalue weighted by Crippen LogP contribution is -2.18. The Morgan fingerprint density at radius 1 is 0.714 bits per heavy atom. The van der Waals surface area contributed by atoms with E-state index < -0.39 is 0 Å². The van der Waals surface area contributed by atoms with E-state index in [1.807, 2.05) is 79.7 Å². The maximum absolute atomic E-state index is 12.8. The maximum atomic E-state index is 12.8. The van der Waals surface area contributed by atoms with Gasteiger partial charge in [0.05, 0.1) is 6.10 Å². The zero-order valence-corrected chi connectivity index (χ0v) is 20.5. The van der Waals surface area contributed by atoms with Crippen LogP contribution in [0.1, 0.15) is 59.5 Å². The molecule has 4 nitrogen and oxygen atoms in total. The van der Waals surface area contributed by atoms with E-state index in [2.05, 4.69) is 13.8 Å².